The van der Waals surface area contributed by atoms with Gasteiger partial charge in [-0.05, 0) is 24.3 Å². The summed E-state index contributed by atoms with van der Waals surface area (Å²) in [5.41, 5.74) is 0.507. The summed E-state index contributed by atoms with van der Waals surface area (Å²) in [6, 6.07) is 9.47. The number of nitrogens with one attached hydrogen (secondary N) is 1. The van der Waals surface area contributed by atoms with Gasteiger partial charge in [0.1, 0.15) is 6.61 Å². The van der Waals surface area contributed by atoms with E-state index in [0.29, 0.717) is 19.4 Å². The fourth-order valence-corrected chi connectivity index (χ4v) is 2.49. The van der Waals surface area contributed by atoms with E-state index in [2.05, 4.69) is 5.32 Å². The van der Waals surface area contributed by atoms with Gasteiger partial charge >= 0.3 is 6.09 Å². The highest BCUT2D eigenvalue weighted by Gasteiger charge is 2.44. The van der Waals surface area contributed by atoms with Gasteiger partial charge in [0.25, 0.3) is 0 Å². The smallest absolute Gasteiger partial charge is 0.407 e. The molecule has 0 spiro atoms. The van der Waals surface area contributed by atoms with Crippen LogP contribution < -0.4 is 5.32 Å². The molecule has 5 heteroatoms. The van der Waals surface area contributed by atoms with E-state index in [9.17, 15) is 9.18 Å². The minimum absolute atomic E-state index is 0.0529. The first-order chi connectivity index (χ1) is 9.67. The lowest BCUT2D eigenvalue weighted by Crippen LogP contribution is -2.54. The molecule has 0 bridgehead atoms. The Kier molecular flexibility index (Phi) is 4.95. The Morgan fingerprint density at radius 1 is 1.40 bits per heavy atom. The monoisotopic (exact) mass is 281 g/mol. The molecule has 4 nitrogen and oxygen atoms in total. The SMILES string of the molecule is COC1(CNC(=O)OCc2ccccc2)CC(CF)C1. The molecule has 1 aromatic carbocycles. The number of benzene rings is 1. The molecule has 1 amide bonds. The van der Waals surface area contributed by atoms with Crippen molar-refractivity contribution in [2.45, 2.75) is 25.0 Å². The van der Waals surface area contributed by atoms with Crippen LogP contribution in [0.15, 0.2) is 30.3 Å². The van der Waals surface area contributed by atoms with Gasteiger partial charge in [-0.3, -0.25) is 4.39 Å². The predicted octanol–water partition coefficient (Wildman–Crippen LogP) is 2.68. The van der Waals surface area contributed by atoms with Crippen LogP contribution in [0, 0.1) is 5.92 Å². The summed E-state index contributed by atoms with van der Waals surface area (Å²) < 4.78 is 22.9. The molecule has 0 radical (unpaired) electrons. The van der Waals surface area contributed by atoms with E-state index in [1.807, 2.05) is 30.3 Å². The molecular formula is C15H20FNO3. The molecule has 2 rings (SSSR count). The highest BCUT2D eigenvalue weighted by atomic mass is 19.1. The number of halogens is 1. The van der Waals surface area contributed by atoms with E-state index in [-0.39, 0.29) is 19.2 Å². The molecule has 0 aliphatic heterocycles. The molecule has 1 N–H and O–H groups in total. The summed E-state index contributed by atoms with van der Waals surface area (Å²) in [7, 11) is 1.59. The number of rotatable bonds is 6. The molecule has 0 heterocycles. The van der Waals surface area contributed by atoms with Crippen LogP contribution in [0.2, 0.25) is 0 Å². The average molecular weight is 281 g/mol. The van der Waals surface area contributed by atoms with Gasteiger partial charge in [0.15, 0.2) is 0 Å². The first-order valence-electron chi connectivity index (χ1n) is 6.73. The van der Waals surface area contributed by atoms with Gasteiger partial charge in [-0.25, -0.2) is 4.79 Å². The number of hydrogen-bond acceptors (Lipinski definition) is 3. The van der Waals surface area contributed by atoms with Gasteiger partial charge in [-0.1, -0.05) is 30.3 Å². The van der Waals surface area contributed by atoms with Crippen LogP contribution in [0.1, 0.15) is 18.4 Å². The van der Waals surface area contributed by atoms with Gasteiger partial charge in [0.2, 0.25) is 0 Å². The third kappa shape index (κ3) is 3.70. The Hall–Kier alpha value is -1.62. The number of alkyl halides is 1. The zero-order chi connectivity index (χ0) is 14.4. The molecule has 1 saturated carbocycles. The molecule has 0 aromatic heterocycles. The van der Waals surface area contributed by atoms with Crippen molar-refractivity contribution in [1.29, 1.82) is 0 Å². The predicted molar refractivity (Wildman–Crippen MR) is 73.1 cm³/mol. The van der Waals surface area contributed by atoms with Gasteiger partial charge in [0, 0.05) is 13.7 Å². The summed E-state index contributed by atoms with van der Waals surface area (Å²) >= 11 is 0. The van der Waals surface area contributed by atoms with Gasteiger partial charge < -0.3 is 14.8 Å². The molecule has 1 aliphatic rings. The zero-order valence-electron chi connectivity index (χ0n) is 11.6. The summed E-state index contributed by atoms with van der Waals surface area (Å²) in [4.78, 5) is 11.6. The van der Waals surface area contributed by atoms with Crippen LogP contribution in [0.5, 0.6) is 0 Å². The number of amides is 1. The van der Waals surface area contributed by atoms with Crippen LogP contribution in [0.4, 0.5) is 9.18 Å². The molecule has 0 saturated heterocycles. The quantitative estimate of drug-likeness (QED) is 0.872. The van der Waals surface area contributed by atoms with E-state index in [1.165, 1.54) is 0 Å². The van der Waals surface area contributed by atoms with Crippen molar-refractivity contribution in [3.8, 4) is 0 Å². The zero-order valence-corrected chi connectivity index (χ0v) is 11.6. The van der Waals surface area contributed by atoms with Gasteiger partial charge in [-0.2, -0.15) is 0 Å². The van der Waals surface area contributed by atoms with Gasteiger partial charge in [0.05, 0.1) is 12.3 Å². The topological polar surface area (TPSA) is 47.6 Å². The third-order valence-corrected chi connectivity index (χ3v) is 3.74. The number of hydrogen-bond donors (Lipinski definition) is 1. The Morgan fingerprint density at radius 2 is 2.10 bits per heavy atom. The highest BCUT2D eigenvalue weighted by molar-refractivity contribution is 5.67. The normalized spacial score (nSPS) is 24.8. The van der Waals surface area contributed by atoms with Crippen molar-refractivity contribution in [3.63, 3.8) is 0 Å². The van der Waals surface area contributed by atoms with E-state index in [4.69, 9.17) is 9.47 Å². The second-order valence-corrected chi connectivity index (χ2v) is 5.23. The Balaban J connectivity index is 1.70. The van der Waals surface area contributed by atoms with Crippen LogP contribution in [-0.4, -0.2) is 32.0 Å². The van der Waals surface area contributed by atoms with Crippen LogP contribution >= 0.6 is 0 Å². The number of carbonyl (C=O) groups is 1. The maximum atomic E-state index is 12.5. The molecule has 110 valence electrons. The van der Waals surface area contributed by atoms with Crippen molar-refractivity contribution >= 4 is 6.09 Å². The van der Waals surface area contributed by atoms with E-state index in [0.717, 1.165) is 5.56 Å². The standard InChI is InChI=1S/C15H20FNO3/c1-19-15(7-13(8-15)9-16)11-17-14(18)20-10-12-5-3-2-4-6-12/h2-6,13H,7-11H2,1H3,(H,17,18). The van der Waals surface area contributed by atoms with E-state index >= 15 is 0 Å². The molecule has 1 fully saturated rings. The van der Waals surface area contributed by atoms with Crippen LogP contribution in [0.25, 0.3) is 0 Å². The third-order valence-electron chi connectivity index (χ3n) is 3.74. The van der Waals surface area contributed by atoms with E-state index < -0.39 is 11.7 Å². The lowest BCUT2D eigenvalue weighted by Gasteiger charge is -2.45. The minimum atomic E-state index is -0.478. The fourth-order valence-electron chi connectivity index (χ4n) is 2.49. The highest BCUT2D eigenvalue weighted by Crippen LogP contribution is 2.40. The average Bonchev–Trinajstić information content (AvgIpc) is 2.45. The molecule has 0 unspecified atom stereocenters. The summed E-state index contributed by atoms with van der Waals surface area (Å²) in [5.74, 6) is 0.0529. The maximum Gasteiger partial charge on any atom is 0.407 e. The Bertz CT molecular complexity index is 432. The van der Waals surface area contributed by atoms with Crippen LogP contribution in [0.3, 0.4) is 0 Å². The molecule has 1 aromatic rings. The number of methoxy groups -OCH3 is 1. The number of alkyl carbamates (subject to hydrolysis) is 1. The van der Waals surface area contributed by atoms with Crippen LogP contribution in [-0.2, 0) is 16.1 Å². The van der Waals surface area contributed by atoms with E-state index in [1.54, 1.807) is 7.11 Å². The maximum absolute atomic E-state index is 12.5. The first-order valence-corrected chi connectivity index (χ1v) is 6.73. The molecular weight excluding hydrogens is 261 g/mol. The minimum Gasteiger partial charge on any atom is -0.445 e. The van der Waals surface area contributed by atoms with Crippen molar-refractivity contribution in [2.75, 3.05) is 20.3 Å². The van der Waals surface area contributed by atoms with Crippen molar-refractivity contribution in [3.05, 3.63) is 35.9 Å². The number of carbonyl (C=O) groups excluding carboxylic acids is 1. The molecule has 20 heavy (non-hydrogen) atoms. The second-order valence-electron chi connectivity index (χ2n) is 5.23. The number of ether oxygens (including phenoxy) is 2. The van der Waals surface area contributed by atoms with Crippen molar-refractivity contribution in [1.82, 2.24) is 5.32 Å². The molecule has 0 atom stereocenters. The molecule has 1 aliphatic carbocycles. The Morgan fingerprint density at radius 3 is 2.70 bits per heavy atom. The van der Waals surface area contributed by atoms with Gasteiger partial charge in [-0.15, -0.1) is 0 Å². The van der Waals surface area contributed by atoms with Crippen molar-refractivity contribution in [2.24, 2.45) is 5.92 Å². The summed E-state index contributed by atoms with van der Waals surface area (Å²) in [5, 5.41) is 2.68. The Labute approximate surface area is 118 Å². The fraction of sp³-hybridized carbons (Fsp3) is 0.533. The lowest BCUT2D eigenvalue weighted by molar-refractivity contribution is -0.106. The summed E-state index contributed by atoms with van der Waals surface area (Å²) in [6.45, 7) is 0.261. The second kappa shape index (κ2) is 6.70. The first kappa shape index (κ1) is 14.8. The van der Waals surface area contributed by atoms with Crippen molar-refractivity contribution < 1.29 is 18.7 Å². The summed E-state index contributed by atoms with van der Waals surface area (Å²) in [6.07, 6.45) is 0.798. The largest absolute Gasteiger partial charge is 0.445 e. The lowest BCUT2D eigenvalue weighted by atomic mass is 9.71.